The molecule has 0 spiro atoms. The maximum Gasteiger partial charge on any atom is 0.140 e. The fourth-order valence-corrected chi connectivity index (χ4v) is 3.81. The molecule has 0 saturated heterocycles. The zero-order valence-electron chi connectivity index (χ0n) is 13.3. The molecular weight excluding hydrogens is 258 g/mol. The highest BCUT2D eigenvalue weighted by atomic mass is 15.0. The summed E-state index contributed by atoms with van der Waals surface area (Å²) in [4.78, 5) is 4.71. The van der Waals surface area contributed by atoms with Crippen LogP contribution in [0.2, 0.25) is 0 Å². The van der Waals surface area contributed by atoms with E-state index < -0.39 is 0 Å². The van der Waals surface area contributed by atoms with Crippen LogP contribution in [0.5, 0.6) is 0 Å². The molecule has 21 heavy (non-hydrogen) atoms. The fourth-order valence-electron chi connectivity index (χ4n) is 3.81. The fraction of sp³-hybridized carbons (Fsp3) is 0.611. The van der Waals surface area contributed by atoms with Crippen LogP contribution in [0.25, 0.3) is 5.65 Å². The van der Waals surface area contributed by atoms with Gasteiger partial charge in [-0.1, -0.05) is 38.2 Å². The molecule has 3 heteroatoms. The van der Waals surface area contributed by atoms with Gasteiger partial charge in [-0.05, 0) is 44.2 Å². The topological polar surface area (TPSA) is 43.3 Å². The van der Waals surface area contributed by atoms with E-state index in [-0.39, 0.29) is 6.04 Å². The van der Waals surface area contributed by atoms with E-state index in [0.29, 0.717) is 0 Å². The smallest absolute Gasteiger partial charge is 0.140 e. The Bertz CT molecular complexity index is 608. The van der Waals surface area contributed by atoms with Crippen molar-refractivity contribution >= 4 is 5.65 Å². The van der Waals surface area contributed by atoms with E-state index in [1.54, 1.807) is 0 Å². The Morgan fingerprint density at radius 1 is 1.29 bits per heavy atom. The Hall–Kier alpha value is -1.35. The maximum absolute atomic E-state index is 6.51. The van der Waals surface area contributed by atoms with Gasteiger partial charge in [0.2, 0.25) is 0 Å². The lowest BCUT2D eigenvalue weighted by Crippen LogP contribution is -2.16. The number of rotatable bonds is 4. The molecule has 1 fully saturated rings. The number of hydrogen-bond donors (Lipinski definition) is 1. The molecule has 2 heterocycles. The van der Waals surface area contributed by atoms with E-state index in [9.17, 15) is 0 Å². The van der Waals surface area contributed by atoms with Crippen molar-refractivity contribution in [1.29, 1.82) is 0 Å². The zero-order valence-corrected chi connectivity index (χ0v) is 13.3. The van der Waals surface area contributed by atoms with E-state index in [1.807, 2.05) is 0 Å². The predicted molar refractivity (Wildman–Crippen MR) is 87.4 cm³/mol. The van der Waals surface area contributed by atoms with Crippen molar-refractivity contribution in [3.8, 4) is 0 Å². The van der Waals surface area contributed by atoms with Gasteiger partial charge in [-0.15, -0.1) is 0 Å². The minimum atomic E-state index is 0.101. The normalized spacial score (nSPS) is 18.2. The van der Waals surface area contributed by atoms with Crippen LogP contribution in [0.3, 0.4) is 0 Å². The van der Waals surface area contributed by atoms with Crippen molar-refractivity contribution in [3.05, 3.63) is 35.3 Å². The Labute approximate surface area is 127 Å². The highest BCUT2D eigenvalue weighted by molar-refractivity contribution is 5.50. The van der Waals surface area contributed by atoms with Gasteiger partial charge in [-0.2, -0.15) is 0 Å². The number of nitrogens with zero attached hydrogens (tertiary/aromatic N) is 2. The van der Waals surface area contributed by atoms with E-state index in [2.05, 4.69) is 36.6 Å². The van der Waals surface area contributed by atoms with Gasteiger partial charge < -0.3 is 10.1 Å². The number of imidazole rings is 1. The lowest BCUT2D eigenvalue weighted by atomic mass is 9.85. The van der Waals surface area contributed by atoms with Gasteiger partial charge in [-0.25, -0.2) is 4.98 Å². The lowest BCUT2D eigenvalue weighted by molar-refractivity contribution is 0.323. The van der Waals surface area contributed by atoms with E-state index >= 15 is 0 Å². The van der Waals surface area contributed by atoms with Crippen molar-refractivity contribution in [1.82, 2.24) is 9.38 Å². The average molecular weight is 285 g/mol. The number of hydrogen-bond acceptors (Lipinski definition) is 2. The SMILES string of the molecule is Cc1nc2c(C)cccn2c1C(N)CCC1CCCCC1. The average Bonchev–Trinajstić information content (AvgIpc) is 2.84. The molecule has 0 amide bonds. The maximum atomic E-state index is 6.51. The first-order chi connectivity index (χ1) is 10.2. The molecule has 2 aromatic heterocycles. The van der Waals surface area contributed by atoms with E-state index in [1.165, 1.54) is 49.8 Å². The summed E-state index contributed by atoms with van der Waals surface area (Å²) in [6, 6.07) is 4.30. The second-order valence-electron chi connectivity index (χ2n) is 6.66. The second kappa shape index (κ2) is 6.18. The minimum Gasteiger partial charge on any atom is -0.323 e. The van der Waals surface area contributed by atoms with Crippen molar-refractivity contribution < 1.29 is 0 Å². The molecule has 1 aliphatic carbocycles. The van der Waals surface area contributed by atoms with Crippen LogP contribution in [0.1, 0.15) is 67.9 Å². The number of aromatic nitrogens is 2. The molecule has 1 unspecified atom stereocenters. The van der Waals surface area contributed by atoms with Crippen molar-refractivity contribution in [3.63, 3.8) is 0 Å². The van der Waals surface area contributed by atoms with Crippen LogP contribution in [-0.4, -0.2) is 9.38 Å². The zero-order chi connectivity index (χ0) is 14.8. The monoisotopic (exact) mass is 285 g/mol. The summed E-state index contributed by atoms with van der Waals surface area (Å²) in [6.07, 6.45) is 11.5. The Morgan fingerprint density at radius 3 is 2.81 bits per heavy atom. The standard InChI is InChI=1S/C18H27N3/c1-13-7-6-12-21-17(14(2)20-18(13)21)16(19)11-10-15-8-4-3-5-9-15/h6-7,12,15-16H,3-5,8-11,19H2,1-2H3. The van der Waals surface area contributed by atoms with Crippen molar-refractivity contribution in [2.45, 2.75) is 64.8 Å². The second-order valence-corrected chi connectivity index (χ2v) is 6.66. The summed E-state index contributed by atoms with van der Waals surface area (Å²) in [5.74, 6) is 0.894. The van der Waals surface area contributed by atoms with E-state index in [4.69, 9.17) is 10.7 Å². The molecule has 2 aromatic rings. The first-order valence-corrected chi connectivity index (χ1v) is 8.36. The molecule has 0 radical (unpaired) electrons. The van der Waals surface area contributed by atoms with Crippen LogP contribution >= 0.6 is 0 Å². The minimum absolute atomic E-state index is 0.101. The summed E-state index contributed by atoms with van der Waals surface area (Å²) in [5.41, 5.74) is 11.1. The molecule has 3 nitrogen and oxygen atoms in total. The van der Waals surface area contributed by atoms with Gasteiger partial charge in [0.05, 0.1) is 11.4 Å². The first-order valence-electron chi connectivity index (χ1n) is 8.36. The molecule has 0 bridgehead atoms. The molecule has 0 aliphatic heterocycles. The summed E-state index contributed by atoms with van der Waals surface area (Å²) in [6.45, 7) is 4.20. The van der Waals surface area contributed by atoms with Gasteiger partial charge in [0.1, 0.15) is 5.65 Å². The highest BCUT2D eigenvalue weighted by Crippen LogP contribution is 2.30. The van der Waals surface area contributed by atoms with Crippen molar-refractivity contribution in [2.75, 3.05) is 0 Å². The molecule has 114 valence electrons. The molecule has 2 N–H and O–H groups in total. The predicted octanol–water partition coefficient (Wildman–Crippen LogP) is 4.31. The van der Waals surface area contributed by atoms with Crippen molar-refractivity contribution in [2.24, 2.45) is 11.7 Å². The van der Waals surface area contributed by atoms with Gasteiger partial charge in [-0.3, -0.25) is 0 Å². The number of pyridine rings is 1. The Morgan fingerprint density at radius 2 is 2.05 bits per heavy atom. The van der Waals surface area contributed by atoms with Crippen LogP contribution < -0.4 is 5.73 Å². The number of fused-ring (bicyclic) bond motifs is 1. The molecule has 0 aromatic carbocycles. The van der Waals surface area contributed by atoms with Gasteiger partial charge in [0.15, 0.2) is 0 Å². The summed E-state index contributed by atoms with van der Waals surface area (Å²) >= 11 is 0. The van der Waals surface area contributed by atoms with Gasteiger partial charge >= 0.3 is 0 Å². The third-order valence-electron chi connectivity index (χ3n) is 5.03. The third-order valence-corrected chi connectivity index (χ3v) is 5.03. The molecule has 1 aliphatic rings. The van der Waals surface area contributed by atoms with Gasteiger partial charge in [0, 0.05) is 12.2 Å². The largest absolute Gasteiger partial charge is 0.323 e. The van der Waals surface area contributed by atoms with Crippen LogP contribution in [0.4, 0.5) is 0 Å². The molecular formula is C18H27N3. The van der Waals surface area contributed by atoms with Crippen LogP contribution in [0, 0.1) is 19.8 Å². The number of nitrogens with two attached hydrogens (primary N) is 1. The summed E-state index contributed by atoms with van der Waals surface area (Å²) in [5, 5.41) is 0. The summed E-state index contributed by atoms with van der Waals surface area (Å²) < 4.78 is 2.19. The lowest BCUT2D eigenvalue weighted by Gasteiger charge is -2.23. The third kappa shape index (κ3) is 2.98. The Kier molecular flexibility index (Phi) is 4.29. The Balaban J connectivity index is 1.76. The van der Waals surface area contributed by atoms with Gasteiger partial charge in [0.25, 0.3) is 0 Å². The molecule has 3 rings (SSSR count). The first kappa shape index (κ1) is 14.6. The van der Waals surface area contributed by atoms with E-state index in [0.717, 1.165) is 23.7 Å². The molecule has 1 saturated carbocycles. The summed E-state index contributed by atoms with van der Waals surface area (Å²) in [7, 11) is 0. The van der Waals surface area contributed by atoms with Crippen LogP contribution in [-0.2, 0) is 0 Å². The highest BCUT2D eigenvalue weighted by Gasteiger charge is 2.19. The quantitative estimate of drug-likeness (QED) is 0.909. The molecule has 1 atom stereocenters. The van der Waals surface area contributed by atoms with Crippen LogP contribution in [0.15, 0.2) is 18.3 Å². The number of aryl methyl sites for hydroxylation is 2.